The van der Waals surface area contributed by atoms with Gasteiger partial charge in [0.15, 0.2) is 0 Å². The van der Waals surface area contributed by atoms with Crippen LogP contribution in [0.3, 0.4) is 0 Å². The van der Waals surface area contributed by atoms with E-state index in [1.807, 2.05) is 0 Å². The molecule has 0 aliphatic rings. The van der Waals surface area contributed by atoms with Gasteiger partial charge in [-0.1, -0.05) is 0 Å². The highest BCUT2D eigenvalue weighted by molar-refractivity contribution is 5.74. The standard InChI is InChI=1S/C2H2FO2/c3-1-2(4)5/h1H,(H,4,5). The van der Waals surface area contributed by atoms with Gasteiger partial charge in [0.2, 0.25) is 6.67 Å². The molecule has 1 N–H and O–H groups in total. The van der Waals surface area contributed by atoms with E-state index >= 15 is 0 Å². The first-order chi connectivity index (χ1) is 2.27. The monoisotopic (exact) mass is 77.0 g/mol. The number of halogens is 1. The van der Waals surface area contributed by atoms with Crippen molar-refractivity contribution in [2.45, 2.75) is 0 Å². The number of rotatable bonds is 1. The SMILES string of the molecule is O=C(O)[CH]F. The normalized spacial score (nSPS) is 7.40. The fourth-order valence-corrected chi connectivity index (χ4v) is 0. The zero-order valence-electron chi connectivity index (χ0n) is 2.31. The van der Waals surface area contributed by atoms with Crippen LogP contribution in [0.1, 0.15) is 0 Å². The number of carboxylic acid groups (broad SMARTS) is 1. The summed E-state index contributed by atoms with van der Waals surface area (Å²) in [6.45, 7) is -0.417. The second-order valence-corrected chi connectivity index (χ2v) is 0.447. The third-order valence-corrected chi connectivity index (χ3v) is 0.0933. The van der Waals surface area contributed by atoms with E-state index < -0.39 is 12.6 Å². The van der Waals surface area contributed by atoms with E-state index in [-0.39, 0.29) is 0 Å². The minimum absolute atomic E-state index is 0.417. The van der Waals surface area contributed by atoms with Crippen LogP contribution in [0.2, 0.25) is 0 Å². The summed E-state index contributed by atoms with van der Waals surface area (Å²) in [5.41, 5.74) is 0. The molecule has 3 heteroatoms. The summed E-state index contributed by atoms with van der Waals surface area (Å²) in [6.07, 6.45) is 0. The molecule has 0 unspecified atom stereocenters. The Bertz CT molecular complexity index is 42.9. The lowest BCUT2D eigenvalue weighted by Crippen LogP contribution is -1.87. The van der Waals surface area contributed by atoms with Crippen molar-refractivity contribution in [3.8, 4) is 0 Å². The van der Waals surface area contributed by atoms with Crippen LogP contribution in [-0.4, -0.2) is 11.1 Å². The maximum Gasteiger partial charge on any atom is 0.342 e. The van der Waals surface area contributed by atoms with E-state index in [0.717, 1.165) is 0 Å². The molecular formula is C2H2FO2. The molecule has 2 nitrogen and oxygen atoms in total. The first kappa shape index (κ1) is 4.40. The van der Waals surface area contributed by atoms with E-state index in [4.69, 9.17) is 9.90 Å². The molecule has 0 aromatic rings. The molecule has 0 rings (SSSR count). The van der Waals surface area contributed by atoms with E-state index in [1.54, 1.807) is 0 Å². The van der Waals surface area contributed by atoms with Crippen molar-refractivity contribution in [3.05, 3.63) is 6.67 Å². The van der Waals surface area contributed by atoms with Crippen LogP contribution < -0.4 is 0 Å². The quantitative estimate of drug-likeness (QED) is 0.485. The Labute approximate surface area is 28.2 Å². The number of carboxylic acids is 1. The van der Waals surface area contributed by atoms with Gasteiger partial charge in [0.05, 0.1) is 0 Å². The molecule has 0 aromatic heterocycles. The van der Waals surface area contributed by atoms with Crippen molar-refractivity contribution in [2.75, 3.05) is 0 Å². The number of hydrogen-bond donors (Lipinski definition) is 1. The first-order valence-electron chi connectivity index (χ1n) is 0.935. The highest BCUT2D eigenvalue weighted by Gasteiger charge is 1.87. The molecule has 0 saturated heterocycles. The van der Waals surface area contributed by atoms with E-state index in [9.17, 15) is 4.39 Å². The zero-order valence-corrected chi connectivity index (χ0v) is 2.31. The van der Waals surface area contributed by atoms with Crippen molar-refractivity contribution >= 4 is 5.97 Å². The summed E-state index contributed by atoms with van der Waals surface area (Å²) in [5.74, 6) is -1.54. The topological polar surface area (TPSA) is 37.3 Å². The van der Waals surface area contributed by atoms with Crippen LogP contribution in [0.4, 0.5) is 4.39 Å². The second-order valence-electron chi connectivity index (χ2n) is 0.447. The fraction of sp³-hybridized carbons (Fsp3) is 0. The molecule has 1 radical (unpaired) electrons. The van der Waals surface area contributed by atoms with Crippen LogP contribution in [-0.2, 0) is 4.79 Å². The maximum atomic E-state index is 10.4. The Balaban J connectivity index is 2.85. The van der Waals surface area contributed by atoms with Gasteiger partial charge in [-0.3, -0.25) is 0 Å². The first-order valence-corrected chi connectivity index (χ1v) is 0.935. The van der Waals surface area contributed by atoms with Gasteiger partial charge >= 0.3 is 5.97 Å². The number of aliphatic carboxylic acids is 1. The van der Waals surface area contributed by atoms with Crippen molar-refractivity contribution in [1.82, 2.24) is 0 Å². The lowest BCUT2D eigenvalue weighted by atomic mass is 10.8. The average Bonchev–Trinajstić information content (AvgIpc) is 1.38. The van der Waals surface area contributed by atoms with Gasteiger partial charge < -0.3 is 5.11 Å². The molecule has 0 aromatic carbocycles. The van der Waals surface area contributed by atoms with Crippen LogP contribution >= 0.6 is 0 Å². The van der Waals surface area contributed by atoms with Gasteiger partial charge in [-0.25, -0.2) is 9.18 Å². The maximum absolute atomic E-state index is 10.4. The number of hydrogen-bond acceptors (Lipinski definition) is 1. The Kier molecular flexibility index (Phi) is 1.49. The molecular weight excluding hydrogens is 75.0 g/mol. The number of carbonyl (C=O) groups is 1. The van der Waals surface area contributed by atoms with Crippen molar-refractivity contribution < 1.29 is 14.3 Å². The summed E-state index contributed by atoms with van der Waals surface area (Å²) in [6, 6.07) is 0. The summed E-state index contributed by atoms with van der Waals surface area (Å²) < 4.78 is 10.4. The van der Waals surface area contributed by atoms with Crippen LogP contribution in [0, 0.1) is 6.67 Å². The Hall–Kier alpha value is -0.600. The molecule has 0 aliphatic carbocycles. The summed E-state index contributed by atoms with van der Waals surface area (Å²) in [5, 5.41) is 7.29. The molecule has 0 aliphatic heterocycles. The van der Waals surface area contributed by atoms with Crippen LogP contribution in [0.25, 0.3) is 0 Å². The lowest BCUT2D eigenvalue weighted by Gasteiger charge is -1.67. The molecule has 0 bridgehead atoms. The molecule has 0 saturated carbocycles. The summed E-state index contributed by atoms with van der Waals surface area (Å²) in [4.78, 5) is 8.94. The third kappa shape index (κ3) is 3.40. The van der Waals surface area contributed by atoms with Crippen molar-refractivity contribution in [1.29, 1.82) is 0 Å². The molecule has 0 heterocycles. The third-order valence-electron chi connectivity index (χ3n) is 0.0933. The molecule has 0 fully saturated rings. The highest BCUT2D eigenvalue weighted by Crippen LogP contribution is 1.70. The highest BCUT2D eigenvalue weighted by atomic mass is 19.1. The fourth-order valence-electron chi connectivity index (χ4n) is 0. The molecule has 5 heavy (non-hydrogen) atoms. The van der Waals surface area contributed by atoms with E-state index in [1.165, 1.54) is 0 Å². The molecule has 0 atom stereocenters. The summed E-state index contributed by atoms with van der Waals surface area (Å²) in [7, 11) is 0. The van der Waals surface area contributed by atoms with Crippen molar-refractivity contribution in [3.63, 3.8) is 0 Å². The Morgan fingerprint density at radius 3 is 2.20 bits per heavy atom. The van der Waals surface area contributed by atoms with E-state index in [0.29, 0.717) is 0 Å². The summed E-state index contributed by atoms with van der Waals surface area (Å²) >= 11 is 0. The average molecular weight is 77.0 g/mol. The molecule has 0 spiro atoms. The van der Waals surface area contributed by atoms with Gasteiger partial charge in [0, 0.05) is 0 Å². The van der Waals surface area contributed by atoms with Gasteiger partial charge in [-0.05, 0) is 0 Å². The zero-order chi connectivity index (χ0) is 4.28. The predicted octanol–water partition coefficient (Wildman–Crippen LogP) is 0.202. The van der Waals surface area contributed by atoms with Crippen molar-refractivity contribution in [2.24, 2.45) is 0 Å². The molecule has 29 valence electrons. The van der Waals surface area contributed by atoms with Gasteiger partial charge in [0.25, 0.3) is 0 Å². The minimum Gasteiger partial charge on any atom is -0.479 e. The van der Waals surface area contributed by atoms with Crippen LogP contribution in [0.15, 0.2) is 0 Å². The van der Waals surface area contributed by atoms with Gasteiger partial charge in [-0.2, -0.15) is 0 Å². The Morgan fingerprint density at radius 1 is 2.00 bits per heavy atom. The Morgan fingerprint density at radius 2 is 2.20 bits per heavy atom. The van der Waals surface area contributed by atoms with Crippen LogP contribution in [0.5, 0.6) is 0 Å². The predicted molar refractivity (Wildman–Crippen MR) is 13.0 cm³/mol. The largest absolute Gasteiger partial charge is 0.479 e. The second kappa shape index (κ2) is 1.69. The van der Waals surface area contributed by atoms with E-state index in [2.05, 4.69) is 0 Å². The molecule has 0 amide bonds. The smallest absolute Gasteiger partial charge is 0.342 e. The minimum atomic E-state index is -1.54. The lowest BCUT2D eigenvalue weighted by molar-refractivity contribution is -0.134. The van der Waals surface area contributed by atoms with Gasteiger partial charge in [-0.15, -0.1) is 0 Å². The van der Waals surface area contributed by atoms with Gasteiger partial charge in [0.1, 0.15) is 0 Å².